The molecule has 1 aliphatic heterocycles. The zero-order chi connectivity index (χ0) is 15.9. The molecular formula is C14H28N4O2S. The minimum atomic E-state index is -3.04. The second-order valence-electron chi connectivity index (χ2n) is 5.94. The Morgan fingerprint density at radius 2 is 1.86 bits per heavy atom. The topological polar surface area (TPSA) is 76.4 Å². The summed E-state index contributed by atoms with van der Waals surface area (Å²) < 4.78 is 24.4. The van der Waals surface area contributed by atoms with Crippen molar-refractivity contribution in [3.8, 4) is 6.07 Å². The summed E-state index contributed by atoms with van der Waals surface area (Å²) >= 11 is 0. The van der Waals surface area contributed by atoms with Crippen molar-refractivity contribution in [3.63, 3.8) is 0 Å². The number of hydrogen-bond acceptors (Lipinski definition) is 5. The number of hydrogen-bond donors (Lipinski definition) is 1. The highest BCUT2D eigenvalue weighted by Gasteiger charge is 2.24. The van der Waals surface area contributed by atoms with Gasteiger partial charge in [-0.2, -0.15) is 9.57 Å². The lowest BCUT2D eigenvalue weighted by Gasteiger charge is -2.33. The van der Waals surface area contributed by atoms with Crippen molar-refractivity contribution in [2.75, 3.05) is 45.5 Å². The van der Waals surface area contributed by atoms with Crippen molar-refractivity contribution in [2.24, 2.45) is 0 Å². The number of nitrogens with zero attached hydrogens (tertiary/aromatic N) is 3. The Balaban J connectivity index is 2.22. The van der Waals surface area contributed by atoms with Gasteiger partial charge in [-0.25, -0.2) is 8.42 Å². The first-order chi connectivity index (χ1) is 9.80. The van der Waals surface area contributed by atoms with Crippen LogP contribution in [0.25, 0.3) is 0 Å². The fourth-order valence-electron chi connectivity index (χ4n) is 2.67. The van der Waals surface area contributed by atoms with Gasteiger partial charge in [-0.3, -0.25) is 5.32 Å². The van der Waals surface area contributed by atoms with E-state index in [0.29, 0.717) is 13.1 Å². The summed E-state index contributed by atoms with van der Waals surface area (Å²) in [6.45, 7) is 8.52. The second kappa shape index (κ2) is 8.08. The third-order valence-electron chi connectivity index (χ3n) is 4.02. The second-order valence-corrected chi connectivity index (χ2v) is 7.92. The van der Waals surface area contributed by atoms with E-state index in [2.05, 4.69) is 16.3 Å². The Bertz CT molecular complexity index is 452. The normalized spacial score (nSPS) is 20.9. The number of rotatable bonds is 8. The lowest BCUT2D eigenvalue weighted by molar-refractivity contribution is 0.184. The molecule has 0 saturated carbocycles. The van der Waals surface area contributed by atoms with Gasteiger partial charge in [-0.05, 0) is 39.3 Å². The van der Waals surface area contributed by atoms with Gasteiger partial charge in [0.25, 0.3) is 0 Å². The molecule has 1 heterocycles. The molecule has 6 nitrogen and oxygen atoms in total. The fraction of sp³-hybridized carbons (Fsp3) is 0.929. The number of nitrogens with one attached hydrogen (secondary N) is 1. The molecule has 0 aliphatic carbocycles. The maximum atomic E-state index is 11.4. The average Bonchev–Trinajstić information content (AvgIpc) is 2.43. The largest absolute Gasteiger partial charge is 0.301 e. The van der Waals surface area contributed by atoms with Gasteiger partial charge in [0.15, 0.2) is 0 Å². The maximum absolute atomic E-state index is 11.4. The summed E-state index contributed by atoms with van der Waals surface area (Å²) in [6.07, 6.45) is 4.16. The Morgan fingerprint density at radius 1 is 1.24 bits per heavy atom. The molecule has 1 saturated heterocycles. The molecule has 1 aliphatic rings. The first-order valence-electron chi connectivity index (χ1n) is 7.64. The molecule has 1 N–H and O–H groups in total. The lowest BCUT2D eigenvalue weighted by Crippen LogP contribution is -2.48. The van der Waals surface area contributed by atoms with Gasteiger partial charge >= 0.3 is 0 Å². The van der Waals surface area contributed by atoms with Crippen molar-refractivity contribution in [3.05, 3.63) is 0 Å². The van der Waals surface area contributed by atoms with Gasteiger partial charge in [0.05, 0.1) is 12.3 Å². The third-order valence-corrected chi connectivity index (χ3v) is 5.32. The summed E-state index contributed by atoms with van der Waals surface area (Å²) in [6, 6.07) is 2.34. The van der Waals surface area contributed by atoms with E-state index in [1.807, 2.05) is 13.8 Å². The van der Waals surface area contributed by atoms with Crippen LogP contribution in [-0.2, 0) is 10.0 Å². The van der Waals surface area contributed by atoms with E-state index >= 15 is 0 Å². The van der Waals surface area contributed by atoms with E-state index in [0.717, 1.165) is 45.4 Å². The van der Waals surface area contributed by atoms with Crippen molar-refractivity contribution in [1.29, 1.82) is 5.26 Å². The molecule has 1 rings (SSSR count). The minimum Gasteiger partial charge on any atom is -0.301 e. The van der Waals surface area contributed by atoms with Crippen molar-refractivity contribution < 1.29 is 8.42 Å². The van der Waals surface area contributed by atoms with Gasteiger partial charge < -0.3 is 4.90 Å². The summed E-state index contributed by atoms with van der Waals surface area (Å²) in [7, 11) is -3.04. The molecule has 0 aromatic heterocycles. The van der Waals surface area contributed by atoms with Crippen LogP contribution in [0.3, 0.4) is 0 Å². The Labute approximate surface area is 129 Å². The molecule has 0 radical (unpaired) electrons. The molecular weight excluding hydrogens is 288 g/mol. The quantitative estimate of drug-likeness (QED) is 0.665. The standard InChI is InChI=1S/C14H28N4O2S/c1-4-16-14(2,13-15)7-5-6-8-17-9-11-18(12-10-17)21(3,19)20/h16H,4-12H2,1-3H3. The molecule has 0 aromatic rings. The summed E-state index contributed by atoms with van der Waals surface area (Å²) in [5, 5.41) is 12.4. The number of piperazine rings is 1. The Morgan fingerprint density at radius 3 is 2.33 bits per heavy atom. The average molecular weight is 316 g/mol. The van der Waals surface area contributed by atoms with E-state index in [4.69, 9.17) is 0 Å². The zero-order valence-corrected chi connectivity index (χ0v) is 14.2. The van der Waals surface area contributed by atoms with Crippen LogP contribution in [0.1, 0.15) is 33.1 Å². The van der Waals surface area contributed by atoms with Crippen LogP contribution < -0.4 is 5.32 Å². The maximum Gasteiger partial charge on any atom is 0.211 e. The first-order valence-corrected chi connectivity index (χ1v) is 9.49. The highest BCUT2D eigenvalue weighted by Crippen LogP contribution is 2.14. The third kappa shape index (κ3) is 6.30. The lowest BCUT2D eigenvalue weighted by atomic mass is 9.96. The van der Waals surface area contributed by atoms with E-state index < -0.39 is 15.6 Å². The summed E-state index contributed by atoms with van der Waals surface area (Å²) in [5.41, 5.74) is -0.427. The highest BCUT2D eigenvalue weighted by molar-refractivity contribution is 7.88. The predicted molar refractivity (Wildman–Crippen MR) is 84.4 cm³/mol. The van der Waals surface area contributed by atoms with Crippen LogP contribution in [-0.4, -0.2) is 68.7 Å². The molecule has 1 fully saturated rings. The zero-order valence-electron chi connectivity index (χ0n) is 13.4. The smallest absolute Gasteiger partial charge is 0.211 e. The van der Waals surface area contributed by atoms with Crippen molar-refractivity contribution in [1.82, 2.24) is 14.5 Å². The van der Waals surface area contributed by atoms with Gasteiger partial charge in [0.1, 0.15) is 5.54 Å². The molecule has 122 valence electrons. The van der Waals surface area contributed by atoms with Crippen LogP contribution in [0.2, 0.25) is 0 Å². The van der Waals surface area contributed by atoms with E-state index in [-0.39, 0.29) is 0 Å². The van der Waals surface area contributed by atoms with Crippen molar-refractivity contribution >= 4 is 10.0 Å². The molecule has 21 heavy (non-hydrogen) atoms. The van der Waals surface area contributed by atoms with E-state index in [9.17, 15) is 13.7 Å². The molecule has 0 aromatic carbocycles. The first kappa shape index (κ1) is 18.4. The molecule has 7 heteroatoms. The monoisotopic (exact) mass is 316 g/mol. The van der Waals surface area contributed by atoms with Gasteiger partial charge in [0, 0.05) is 26.2 Å². The van der Waals surface area contributed by atoms with Crippen LogP contribution in [0.15, 0.2) is 0 Å². The Kier molecular flexibility index (Phi) is 7.07. The number of nitriles is 1. The number of sulfonamides is 1. The fourth-order valence-corrected chi connectivity index (χ4v) is 3.50. The molecule has 0 bridgehead atoms. The highest BCUT2D eigenvalue weighted by atomic mass is 32.2. The van der Waals surface area contributed by atoms with E-state index in [1.165, 1.54) is 6.26 Å². The van der Waals surface area contributed by atoms with Crippen LogP contribution in [0.5, 0.6) is 0 Å². The van der Waals surface area contributed by atoms with Gasteiger partial charge in [-0.1, -0.05) is 6.92 Å². The predicted octanol–water partition coefficient (Wildman–Crippen LogP) is 0.626. The van der Waals surface area contributed by atoms with Crippen LogP contribution in [0.4, 0.5) is 0 Å². The van der Waals surface area contributed by atoms with Crippen LogP contribution >= 0.6 is 0 Å². The Hall–Kier alpha value is -0.680. The SMILES string of the molecule is CCNC(C)(C#N)CCCCN1CCN(S(C)(=O)=O)CC1. The molecule has 1 unspecified atom stereocenters. The summed E-state index contributed by atoms with van der Waals surface area (Å²) in [4.78, 5) is 2.30. The van der Waals surface area contributed by atoms with Gasteiger partial charge in [-0.15, -0.1) is 0 Å². The number of unbranched alkanes of at least 4 members (excludes halogenated alkanes) is 1. The summed E-state index contributed by atoms with van der Waals surface area (Å²) in [5.74, 6) is 0. The van der Waals surface area contributed by atoms with E-state index in [1.54, 1.807) is 4.31 Å². The van der Waals surface area contributed by atoms with Crippen molar-refractivity contribution in [2.45, 2.75) is 38.6 Å². The minimum absolute atomic E-state index is 0.427. The van der Waals surface area contributed by atoms with Gasteiger partial charge in [0.2, 0.25) is 10.0 Å². The molecule has 0 amide bonds. The van der Waals surface area contributed by atoms with Crippen LogP contribution in [0, 0.1) is 11.3 Å². The molecule has 0 spiro atoms. The molecule has 1 atom stereocenters.